The maximum atomic E-state index is 5.59. The van der Waals surface area contributed by atoms with Crippen molar-refractivity contribution in [2.45, 2.75) is 115 Å². The lowest BCUT2D eigenvalue weighted by Gasteiger charge is -2.22. The lowest BCUT2D eigenvalue weighted by molar-refractivity contribution is 0.0881. The zero-order valence-electron chi connectivity index (χ0n) is 28.5. The van der Waals surface area contributed by atoms with Crippen LogP contribution in [0, 0.1) is 129 Å². The molecule has 0 N–H and O–H groups in total. The van der Waals surface area contributed by atoms with Crippen LogP contribution < -0.4 is 0 Å². The molecule has 0 saturated heterocycles. The third-order valence-corrected chi connectivity index (χ3v) is 4.80. The van der Waals surface area contributed by atoms with Crippen molar-refractivity contribution in [2.24, 2.45) is 21.7 Å². The Morgan fingerprint density at radius 2 is 0.571 bits per heavy atom. The Labute approximate surface area is 261 Å². The summed E-state index contributed by atoms with van der Waals surface area (Å²) in [4.78, 5) is 0. The van der Waals surface area contributed by atoms with E-state index in [9.17, 15) is 0 Å². The molecule has 0 heterocycles. The normalized spacial score (nSPS) is 9.29. The average molecular weight is 561 g/mol. The van der Waals surface area contributed by atoms with Crippen LogP contribution in [0.1, 0.15) is 115 Å². The Bertz CT molecular complexity index is 1190. The molecule has 0 saturated carbocycles. The predicted molar refractivity (Wildman–Crippen MR) is 184 cm³/mol. The maximum Gasteiger partial charge on any atom is 0.0471 e. The lowest BCUT2D eigenvalue weighted by atomic mass is 9.84. The van der Waals surface area contributed by atoms with E-state index in [1.807, 2.05) is 0 Å². The van der Waals surface area contributed by atoms with Crippen molar-refractivity contribution < 1.29 is 4.74 Å². The highest BCUT2D eigenvalue weighted by Gasteiger charge is 2.14. The number of hydrogen-bond acceptors (Lipinski definition) is 1. The van der Waals surface area contributed by atoms with E-state index in [0.717, 1.165) is 26.1 Å². The minimum absolute atomic E-state index is 0.404. The van der Waals surface area contributed by atoms with E-state index in [1.54, 1.807) is 0 Å². The van der Waals surface area contributed by atoms with E-state index >= 15 is 0 Å². The standard InChI is InChI=1S/C18H2.C12H26O.C11H24/c1-3-5-7-9-11-13-15-17-18-16-14-12-10-8-6-4-2;1-11(2,3)7-9-13-10-8-12(4,5)6;1-10(2,3)8-7-9-11(4,5)6/h1-2H;7-10H2,1-6H3;7-9H2,1-6H3. The van der Waals surface area contributed by atoms with Crippen LogP contribution in [0.3, 0.4) is 0 Å². The van der Waals surface area contributed by atoms with Crippen LogP contribution >= 0.6 is 0 Å². The van der Waals surface area contributed by atoms with Crippen LogP contribution in [0.5, 0.6) is 0 Å². The molecule has 0 rings (SSSR count). The quantitative estimate of drug-likeness (QED) is 0.234. The second kappa shape index (κ2) is 24.8. The van der Waals surface area contributed by atoms with E-state index in [-0.39, 0.29) is 0 Å². The van der Waals surface area contributed by atoms with E-state index in [4.69, 9.17) is 17.6 Å². The van der Waals surface area contributed by atoms with E-state index in [1.165, 1.54) is 19.3 Å². The first-order valence-electron chi connectivity index (χ1n) is 14.3. The van der Waals surface area contributed by atoms with Gasteiger partial charge in [-0.1, -0.05) is 89.5 Å². The number of rotatable bonds is 6. The van der Waals surface area contributed by atoms with Gasteiger partial charge < -0.3 is 4.74 Å². The molecule has 0 aromatic rings. The second-order valence-corrected chi connectivity index (χ2v) is 14.2. The van der Waals surface area contributed by atoms with Crippen molar-refractivity contribution in [3.8, 4) is 108 Å². The van der Waals surface area contributed by atoms with Crippen molar-refractivity contribution in [3.05, 3.63) is 0 Å². The molecule has 0 fully saturated rings. The van der Waals surface area contributed by atoms with E-state index in [0.29, 0.717) is 21.7 Å². The highest BCUT2D eigenvalue weighted by Crippen LogP contribution is 2.27. The molecule has 0 aliphatic rings. The van der Waals surface area contributed by atoms with Gasteiger partial charge in [-0.05, 0) is 142 Å². The summed E-state index contributed by atoms with van der Waals surface area (Å²) in [6.45, 7) is 29.2. The van der Waals surface area contributed by atoms with Gasteiger partial charge in [-0.25, -0.2) is 0 Å². The Balaban J connectivity index is -0.000000563. The zero-order valence-corrected chi connectivity index (χ0v) is 28.5. The van der Waals surface area contributed by atoms with Crippen molar-refractivity contribution in [1.29, 1.82) is 0 Å². The van der Waals surface area contributed by atoms with Crippen LogP contribution in [0.25, 0.3) is 0 Å². The fourth-order valence-electron chi connectivity index (χ4n) is 2.45. The number of terminal acetylenes is 2. The molecular weight excluding hydrogens is 508 g/mol. The molecule has 222 valence electrons. The Morgan fingerprint density at radius 3 is 0.762 bits per heavy atom. The monoisotopic (exact) mass is 560 g/mol. The molecule has 0 aliphatic heterocycles. The Morgan fingerprint density at radius 1 is 0.357 bits per heavy atom. The summed E-state index contributed by atoms with van der Waals surface area (Å²) in [5, 5.41) is 0. The van der Waals surface area contributed by atoms with Gasteiger partial charge in [-0.15, -0.1) is 12.8 Å². The van der Waals surface area contributed by atoms with Gasteiger partial charge in [-0.3, -0.25) is 0 Å². The summed E-state index contributed by atoms with van der Waals surface area (Å²) < 4.78 is 5.59. The summed E-state index contributed by atoms with van der Waals surface area (Å²) in [5.74, 6) is 38.2. The smallest absolute Gasteiger partial charge is 0.0471 e. The van der Waals surface area contributed by atoms with Crippen LogP contribution in [-0.2, 0) is 4.74 Å². The highest BCUT2D eigenvalue weighted by molar-refractivity contribution is 5.46. The molecule has 0 atom stereocenters. The first-order valence-corrected chi connectivity index (χ1v) is 14.3. The fourth-order valence-corrected chi connectivity index (χ4v) is 2.45. The van der Waals surface area contributed by atoms with Gasteiger partial charge in [0.2, 0.25) is 0 Å². The zero-order chi connectivity index (χ0) is 33.0. The minimum Gasteiger partial charge on any atom is -0.381 e. The van der Waals surface area contributed by atoms with Gasteiger partial charge in [0.25, 0.3) is 0 Å². The Hall–Kier alpha value is -4.00. The van der Waals surface area contributed by atoms with Crippen LogP contribution in [-0.4, -0.2) is 13.2 Å². The SMILES string of the molecule is C#CC#CC#CC#CC#CC#CC#CC#CC#C.CC(C)(C)CCCC(C)(C)C.CC(C)(C)CCOCCC(C)(C)C. The van der Waals surface area contributed by atoms with Gasteiger partial charge in [-0.2, -0.15) is 0 Å². The van der Waals surface area contributed by atoms with Crippen LogP contribution in [0.2, 0.25) is 0 Å². The van der Waals surface area contributed by atoms with Crippen LogP contribution in [0.15, 0.2) is 0 Å². The molecule has 0 unspecified atom stereocenters. The molecule has 0 spiro atoms. The molecule has 0 amide bonds. The van der Waals surface area contributed by atoms with Crippen molar-refractivity contribution in [1.82, 2.24) is 0 Å². The highest BCUT2D eigenvalue weighted by atomic mass is 16.5. The lowest BCUT2D eigenvalue weighted by Crippen LogP contribution is -2.13. The molecule has 0 aromatic carbocycles. The predicted octanol–water partition coefficient (Wildman–Crippen LogP) is 8.40. The van der Waals surface area contributed by atoms with Gasteiger partial charge in [0.1, 0.15) is 0 Å². The molecule has 1 heteroatoms. The third kappa shape index (κ3) is 52.4. The summed E-state index contributed by atoms with van der Waals surface area (Å²) in [6.07, 6.45) is 16.1. The third-order valence-electron chi connectivity index (χ3n) is 4.80. The summed E-state index contributed by atoms with van der Waals surface area (Å²) >= 11 is 0. The molecular formula is C41H52O. The molecule has 1 nitrogen and oxygen atoms in total. The second-order valence-electron chi connectivity index (χ2n) is 14.2. The largest absolute Gasteiger partial charge is 0.381 e. The summed E-state index contributed by atoms with van der Waals surface area (Å²) in [7, 11) is 0. The van der Waals surface area contributed by atoms with E-state index in [2.05, 4.69) is 178 Å². The Kier molecular flexibility index (Phi) is 25.0. The van der Waals surface area contributed by atoms with Gasteiger partial charge in [0.05, 0.1) is 0 Å². The minimum atomic E-state index is 0.404. The molecule has 0 radical (unpaired) electrons. The van der Waals surface area contributed by atoms with Gasteiger partial charge in [0, 0.05) is 13.2 Å². The number of hydrogen-bond donors (Lipinski definition) is 0. The first-order chi connectivity index (χ1) is 19.3. The maximum absolute atomic E-state index is 5.59. The van der Waals surface area contributed by atoms with Crippen molar-refractivity contribution >= 4 is 0 Å². The molecule has 0 aromatic heterocycles. The summed E-state index contributed by atoms with van der Waals surface area (Å²) in [6, 6.07) is 0. The topological polar surface area (TPSA) is 9.23 Å². The molecule has 0 bridgehead atoms. The molecule has 42 heavy (non-hydrogen) atoms. The van der Waals surface area contributed by atoms with E-state index < -0.39 is 0 Å². The number of ether oxygens (including phenoxy) is 1. The fraction of sp³-hybridized carbons (Fsp3) is 0.561. The molecule has 0 aliphatic carbocycles. The van der Waals surface area contributed by atoms with Crippen molar-refractivity contribution in [3.63, 3.8) is 0 Å². The van der Waals surface area contributed by atoms with Gasteiger partial charge in [0.15, 0.2) is 0 Å². The van der Waals surface area contributed by atoms with Crippen molar-refractivity contribution in [2.75, 3.05) is 13.2 Å². The van der Waals surface area contributed by atoms with Gasteiger partial charge >= 0.3 is 0 Å². The summed E-state index contributed by atoms with van der Waals surface area (Å²) in [5.41, 5.74) is 1.85. The van der Waals surface area contributed by atoms with Crippen LogP contribution in [0.4, 0.5) is 0 Å². The first kappa shape index (κ1) is 42.5. The average Bonchev–Trinajstić information content (AvgIpc) is 2.82.